The minimum Gasteiger partial charge on any atom is -0.385 e. The van der Waals surface area contributed by atoms with Crippen LogP contribution in [-0.2, 0) is 21.6 Å². The number of hydrogen-bond donors (Lipinski definition) is 3. The van der Waals surface area contributed by atoms with Crippen molar-refractivity contribution in [1.82, 2.24) is 30.8 Å². The Hall–Kier alpha value is -3.30. The number of rotatable bonds is 9. The summed E-state index contributed by atoms with van der Waals surface area (Å²) in [7, 11) is 0. The zero-order valence-electron chi connectivity index (χ0n) is 21.2. The number of nitrogens with one attached hydrogen (secondary N) is 2. The predicted molar refractivity (Wildman–Crippen MR) is 141 cm³/mol. The van der Waals surface area contributed by atoms with Gasteiger partial charge in [0.15, 0.2) is 5.82 Å². The number of benzene rings is 2. The van der Waals surface area contributed by atoms with E-state index in [0.29, 0.717) is 43.3 Å². The molecule has 2 heterocycles. The Morgan fingerprint density at radius 2 is 2.08 bits per heavy atom. The molecule has 3 N–H and O–H groups in total. The second-order valence-electron chi connectivity index (χ2n) is 9.73. The van der Waals surface area contributed by atoms with Crippen LogP contribution in [-0.4, -0.2) is 62.1 Å². The highest BCUT2D eigenvalue weighted by molar-refractivity contribution is 6.33. The summed E-state index contributed by atoms with van der Waals surface area (Å²) < 4.78 is 0. The first-order chi connectivity index (χ1) is 17.8. The zero-order valence-corrected chi connectivity index (χ0v) is 22.0. The number of nitrogens with zero attached hydrogens (tertiary/aromatic N) is 4. The van der Waals surface area contributed by atoms with Gasteiger partial charge in [-0.25, -0.2) is 0 Å². The molecule has 1 saturated heterocycles. The number of aliphatic hydroxyl groups is 1. The van der Waals surface area contributed by atoms with Crippen LogP contribution in [0.2, 0.25) is 5.02 Å². The highest BCUT2D eigenvalue weighted by Gasteiger charge is 2.43. The molecule has 0 spiro atoms. The Morgan fingerprint density at radius 1 is 1.27 bits per heavy atom. The van der Waals surface area contributed by atoms with E-state index in [2.05, 4.69) is 32.0 Å². The van der Waals surface area contributed by atoms with Crippen molar-refractivity contribution in [3.8, 4) is 11.1 Å². The Balaban J connectivity index is 1.68. The summed E-state index contributed by atoms with van der Waals surface area (Å²) in [5.74, 6) is -0.0940. The van der Waals surface area contributed by atoms with Gasteiger partial charge < -0.3 is 15.3 Å². The molecule has 2 aromatic carbocycles. The van der Waals surface area contributed by atoms with Crippen molar-refractivity contribution in [3.05, 3.63) is 64.4 Å². The Bertz CT molecular complexity index is 1230. The van der Waals surface area contributed by atoms with E-state index in [0.717, 1.165) is 35.1 Å². The van der Waals surface area contributed by atoms with E-state index in [9.17, 15) is 14.7 Å². The summed E-state index contributed by atoms with van der Waals surface area (Å²) in [6.07, 6.45) is 2.54. The van der Waals surface area contributed by atoms with E-state index in [-0.39, 0.29) is 24.2 Å². The molecular formula is C27H33ClN6O3. The van der Waals surface area contributed by atoms with Crippen LogP contribution in [0.5, 0.6) is 0 Å². The second kappa shape index (κ2) is 11.8. The maximum atomic E-state index is 13.0. The SMILES string of the molecule is CC(=O)NCCCC(O)(c1cccc(Cl)c1-c1cccc(C)c1)C1CCCN(C(=O)Cc2nn[nH]n2)C1. The van der Waals surface area contributed by atoms with Gasteiger partial charge in [0.25, 0.3) is 0 Å². The van der Waals surface area contributed by atoms with Gasteiger partial charge in [0.1, 0.15) is 0 Å². The van der Waals surface area contributed by atoms with Gasteiger partial charge in [0.2, 0.25) is 11.8 Å². The maximum Gasteiger partial charge on any atom is 0.230 e. The zero-order chi connectivity index (χ0) is 26.4. The van der Waals surface area contributed by atoms with Crippen molar-refractivity contribution < 1.29 is 14.7 Å². The number of piperidine rings is 1. The highest BCUT2D eigenvalue weighted by Crippen LogP contribution is 2.45. The largest absolute Gasteiger partial charge is 0.385 e. The molecule has 3 aromatic rings. The minimum atomic E-state index is -1.27. The van der Waals surface area contributed by atoms with Crippen LogP contribution >= 0.6 is 11.6 Å². The average Bonchev–Trinajstić information content (AvgIpc) is 3.39. The lowest BCUT2D eigenvalue weighted by molar-refractivity contribution is -0.136. The van der Waals surface area contributed by atoms with Crippen LogP contribution in [0.25, 0.3) is 11.1 Å². The summed E-state index contributed by atoms with van der Waals surface area (Å²) in [5, 5.41) is 29.6. The molecule has 1 aliphatic heterocycles. The van der Waals surface area contributed by atoms with Crippen molar-refractivity contribution in [2.45, 2.75) is 51.6 Å². The lowest BCUT2D eigenvalue weighted by atomic mass is 9.72. The molecule has 4 rings (SSSR count). The van der Waals surface area contributed by atoms with Crippen molar-refractivity contribution in [3.63, 3.8) is 0 Å². The quantitative estimate of drug-likeness (QED) is 0.368. The highest BCUT2D eigenvalue weighted by atomic mass is 35.5. The van der Waals surface area contributed by atoms with Crippen LogP contribution in [0.15, 0.2) is 42.5 Å². The summed E-state index contributed by atoms with van der Waals surface area (Å²) in [5.41, 5.74) is 2.29. The van der Waals surface area contributed by atoms with Gasteiger partial charge in [-0.1, -0.05) is 58.8 Å². The third-order valence-corrected chi connectivity index (χ3v) is 7.36. The van der Waals surface area contributed by atoms with Gasteiger partial charge in [0, 0.05) is 43.1 Å². The summed E-state index contributed by atoms with van der Waals surface area (Å²) in [6, 6.07) is 13.7. The van der Waals surface area contributed by atoms with Crippen molar-refractivity contribution in [2.24, 2.45) is 5.92 Å². The van der Waals surface area contributed by atoms with Crippen LogP contribution in [0.3, 0.4) is 0 Å². The predicted octanol–water partition coefficient (Wildman–Crippen LogP) is 3.41. The fourth-order valence-electron chi connectivity index (χ4n) is 5.26. The van der Waals surface area contributed by atoms with Gasteiger partial charge in [-0.2, -0.15) is 5.21 Å². The van der Waals surface area contributed by atoms with Crippen LogP contribution < -0.4 is 5.32 Å². The van der Waals surface area contributed by atoms with Gasteiger partial charge in [0.05, 0.1) is 12.0 Å². The van der Waals surface area contributed by atoms with Crippen LogP contribution in [0.4, 0.5) is 0 Å². The van der Waals surface area contributed by atoms with E-state index in [1.165, 1.54) is 6.92 Å². The minimum absolute atomic E-state index is 0.0515. The molecule has 10 heteroatoms. The standard InChI is InChI=1S/C27H33ClN6O3/c1-18-7-3-8-20(15-18)26-22(10-4-11-23(26)28)27(37,12-6-13-29-19(2)35)21-9-5-14-34(17-21)25(36)16-24-30-32-33-31-24/h3-4,7-8,10-11,15,21,37H,5-6,9,12-14,16-17H2,1-2H3,(H,29,35)(H,30,31,32,33). The van der Waals surface area contributed by atoms with Crippen molar-refractivity contribution >= 4 is 23.4 Å². The second-order valence-corrected chi connectivity index (χ2v) is 10.1. The van der Waals surface area contributed by atoms with Gasteiger partial charge in [-0.05, 0) is 49.8 Å². The third-order valence-electron chi connectivity index (χ3n) is 7.04. The van der Waals surface area contributed by atoms with Crippen LogP contribution in [0.1, 0.15) is 49.6 Å². The first kappa shape index (κ1) is 26.8. The molecule has 37 heavy (non-hydrogen) atoms. The molecule has 196 valence electrons. The monoisotopic (exact) mass is 524 g/mol. The number of H-pyrrole nitrogens is 1. The fraction of sp³-hybridized carbons (Fsp3) is 0.444. The number of carbonyl (C=O) groups excluding carboxylic acids is 2. The van der Waals surface area contributed by atoms with Crippen molar-refractivity contribution in [2.75, 3.05) is 19.6 Å². The van der Waals surface area contributed by atoms with Gasteiger partial charge in [-0.15, -0.1) is 10.2 Å². The molecule has 9 nitrogen and oxygen atoms in total. The van der Waals surface area contributed by atoms with Crippen molar-refractivity contribution in [1.29, 1.82) is 0 Å². The molecule has 0 bridgehead atoms. The summed E-state index contributed by atoms with van der Waals surface area (Å²) >= 11 is 6.77. The lowest BCUT2D eigenvalue weighted by Gasteiger charge is -2.43. The summed E-state index contributed by atoms with van der Waals surface area (Å²) in [6.45, 7) is 4.95. The number of tetrazole rings is 1. The number of carbonyl (C=O) groups is 2. The lowest BCUT2D eigenvalue weighted by Crippen LogP contribution is -2.49. The normalized spacial score (nSPS) is 17.3. The maximum absolute atomic E-state index is 13.0. The number of aryl methyl sites for hydroxylation is 1. The van der Waals surface area contributed by atoms with E-state index >= 15 is 0 Å². The fourth-order valence-corrected chi connectivity index (χ4v) is 5.54. The van der Waals surface area contributed by atoms with Gasteiger partial charge in [-0.3, -0.25) is 9.59 Å². The number of aromatic amines is 1. The Labute approximate surface area is 221 Å². The number of halogens is 1. The molecule has 0 saturated carbocycles. The topological polar surface area (TPSA) is 124 Å². The van der Waals surface area contributed by atoms with E-state index in [1.807, 2.05) is 43.3 Å². The molecule has 0 radical (unpaired) electrons. The molecular weight excluding hydrogens is 492 g/mol. The molecule has 2 atom stereocenters. The Morgan fingerprint density at radius 3 is 2.81 bits per heavy atom. The van der Waals surface area contributed by atoms with E-state index in [1.54, 1.807) is 4.90 Å². The molecule has 2 amide bonds. The van der Waals surface area contributed by atoms with Gasteiger partial charge >= 0.3 is 0 Å². The smallest absolute Gasteiger partial charge is 0.230 e. The third kappa shape index (κ3) is 6.34. The average molecular weight is 525 g/mol. The molecule has 2 unspecified atom stereocenters. The number of likely N-dealkylation sites (tertiary alicyclic amines) is 1. The molecule has 1 aromatic heterocycles. The molecule has 1 fully saturated rings. The van der Waals surface area contributed by atoms with E-state index in [4.69, 9.17) is 11.6 Å². The summed E-state index contributed by atoms with van der Waals surface area (Å²) in [4.78, 5) is 26.3. The number of hydrogen-bond acceptors (Lipinski definition) is 6. The van der Waals surface area contributed by atoms with Crippen LogP contribution in [0, 0.1) is 12.8 Å². The first-order valence-electron chi connectivity index (χ1n) is 12.6. The number of aromatic nitrogens is 4. The number of amides is 2. The first-order valence-corrected chi connectivity index (χ1v) is 13.0. The van der Waals surface area contributed by atoms with E-state index < -0.39 is 5.60 Å². The Kier molecular flexibility index (Phi) is 8.56. The molecule has 0 aliphatic carbocycles. The molecule has 1 aliphatic rings.